The maximum atomic E-state index is 12.5. The van der Waals surface area contributed by atoms with Crippen LogP contribution >= 0.6 is 0 Å². The van der Waals surface area contributed by atoms with E-state index in [1.165, 1.54) is 28.9 Å². The minimum absolute atomic E-state index is 0.0724. The largest absolute Gasteiger partial charge is 0.573 e. The maximum Gasteiger partial charge on any atom is 0.573 e. The van der Waals surface area contributed by atoms with E-state index in [2.05, 4.69) is 38.7 Å². The molecule has 0 aliphatic carbocycles. The van der Waals surface area contributed by atoms with E-state index in [1.807, 2.05) is 24.3 Å². The van der Waals surface area contributed by atoms with E-state index < -0.39 is 6.36 Å². The number of alkyl halides is 3. The molecule has 0 fully saturated rings. The average molecular weight is 499 g/mol. The first kappa shape index (κ1) is 25.0. The minimum Gasteiger partial charge on any atom is -0.406 e. The third-order valence-corrected chi connectivity index (χ3v) is 5.34. The Bertz CT molecular complexity index is 1370. The Hall–Kier alpha value is -4.15. The number of ether oxygens (including phenoxy) is 1. The topological polar surface area (TPSA) is 86.3 Å². The molecule has 11 heteroatoms. The first-order valence-corrected chi connectivity index (χ1v) is 11.4. The maximum absolute atomic E-state index is 12.5. The number of hydrogen-bond acceptors (Lipinski definition) is 7. The van der Waals surface area contributed by atoms with Crippen LogP contribution in [0, 0.1) is 0 Å². The van der Waals surface area contributed by atoms with Crippen LogP contribution in [0.2, 0.25) is 0 Å². The highest BCUT2D eigenvalue weighted by molar-refractivity contribution is 5.58. The van der Waals surface area contributed by atoms with Crippen molar-refractivity contribution in [2.24, 2.45) is 0 Å². The number of anilines is 1. The van der Waals surface area contributed by atoms with Gasteiger partial charge < -0.3 is 14.2 Å². The number of hydrogen-bond donors (Lipinski definition) is 0. The molecule has 4 aromatic rings. The molecule has 0 amide bonds. The smallest absolute Gasteiger partial charge is 0.406 e. The Balaban J connectivity index is 1.54. The second-order valence-corrected chi connectivity index (χ2v) is 7.96. The van der Waals surface area contributed by atoms with Crippen molar-refractivity contribution < 1.29 is 22.4 Å². The van der Waals surface area contributed by atoms with E-state index in [0.717, 1.165) is 42.9 Å². The van der Waals surface area contributed by atoms with Crippen molar-refractivity contribution in [2.75, 3.05) is 18.0 Å². The zero-order valence-electron chi connectivity index (χ0n) is 19.7. The summed E-state index contributed by atoms with van der Waals surface area (Å²) >= 11 is 0. The standard InChI is InChI=1S/C25H24F3N5O3/c1-3-14-32(4-2)19-7-5-6-17(15-19)16-33-22(34)13-12-21(30-33)24-29-23(31-36-24)18-8-10-20(11-9-18)35-25(26,27)28/h5-13,15H,3-4,14,16H2,1-2H3. The third kappa shape index (κ3) is 6.09. The number of benzene rings is 2. The van der Waals surface area contributed by atoms with E-state index in [-0.39, 0.29) is 29.6 Å². The molecule has 0 aliphatic heterocycles. The van der Waals surface area contributed by atoms with Crippen molar-refractivity contribution in [1.82, 2.24) is 19.9 Å². The fraction of sp³-hybridized carbons (Fsp3) is 0.280. The van der Waals surface area contributed by atoms with Crippen LogP contribution in [0.4, 0.5) is 18.9 Å². The van der Waals surface area contributed by atoms with Gasteiger partial charge in [0.25, 0.3) is 11.4 Å². The molecule has 0 unspecified atom stereocenters. The molecule has 8 nitrogen and oxygen atoms in total. The molecule has 2 aromatic heterocycles. The molecule has 0 bridgehead atoms. The Morgan fingerprint density at radius 1 is 1.06 bits per heavy atom. The van der Waals surface area contributed by atoms with Crippen LogP contribution in [0.15, 0.2) is 70.0 Å². The van der Waals surface area contributed by atoms with Crippen LogP contribution in [0.5, 0.6) is 5.75 Å². The molecule has 188 valence electrons. The summed E-state index contributed by atoms with van der Waals surface area (Å²) in [4.78, 5) is 19.0. The second kappa shape index (κ2) is 10.6. The molecule has 0 atom stereocenters. The zero-order valence-corrected chi connectivity index (χ0v) is 19.7. The lowest BCUT2D eigenvalue weighted by atomic mass is 10.2. The van der Waals surface area contributed by atoms with Gasteiger partial charge in [0.1, 0.15) is 11.4 Å². The van der Waals surface area contributed by atoms with Gasteiger partial charge in [-0.1, -0.05) is 24.2 Å². The summed E-state index contributed by atoms with van der Waals surface area (Å²) in [6.45, 7) is 6.29. The lowest BCUT2D eigenvalue weighted by Gasteiger charge is -2.23. The van der Waals surface area contributed by atoms with Crippen LogP contribution in [0.1, 0.15) is 25.8 Å². The predicted molar refractivity (Wildman–Crippen MR) is 128 cm³/mol. The molecule has 0 radical (unpaired) electrons. The number of aromatic nitrogens is 4. The highest BCUT2D eigenvalue weighted by Crippen LogP contribution is 2.26. The summed E-state index contributed by atoms with van der Waals surface area (Å²) in [5, 5.41) is 8.26. The van der Waals surface area contributed by atoms with Crippen molar-refractivity contribution in [3.63, 3.8) is 0 Å². The molecule has 4 rings (SSSR count). The van der Waals surface area contributed by atoms with Gasteiger partial charge in [-0.3, -0.25) is 4.79 Å². The fourth-order valence-electron chi connectivity index (χ4n) is 3.69. The predicted octanol–water partition coefficient (Wildman–Crippen LogP) is 5.14. The van der Waals surface area contributed by atoms with Crippen molar-refractivity contribution >= 4 is 5.69 Å². The van der Waals surface area contributed by atoms with Gasteiger partial charge in [0.15, 0.2) is 0 Å². The lowest BCUT2D eigenvalue weighted by Crippen LogP contribution is -2.24. The average Bonchev–Trinajstić information content (AvgIpc) is 3.34. The molecular formula is C25H24F3N5O3. The van der Waals surface area contributed by atoms with E-state index in [1.54, 1.807) is 0 Å². The molecular weight excluding hydrogens is 475 g/mol. The molecule has 36 heavy (non-hydrogen) atoms. The van der Waals surface area contributed by atoms with Gasteiger partial charge in [-0.05, 0) is 61.4 Å². The van der Waals surface area contributed by atoms with Crippen molar-refractivity contribution in [3.05, 3.63) is 76.6 Å². The monoisotopic (exact) mass is 499 g/mol. The summed E-state index contributed by atoms with van der Waals surface area (Å²) in [5.41, 5.74) is 2.43. The van der Waals surface area contributed by atoms with Gasteiger partial charge in [0.2, 0.25) is 5.82 Å². The SMILES string of the molecule is CCCN(CC)c1cccc(Cn2nc(-c3nc(-c4ccc(OC(F)(F)F)cc4)no3)ccc2=O)c1. The Morgan fingerprint density at radius 2 is 1.83 bits per heavy atom. The highest BCUT2D eigenvalue weighted by atomic mass is 19.4. The molecule has 2 heterocycles. The Morgan fingerprint density at radius 3 is 2.53 bits per heavy atom. The number of halogens is 3. The Labute approximate surface area is 204 Å². The van der Waals surface area contributed by atoms with E-state index in [0.29, 0.717) is 11.3 Å². The number of rotatable bonds is 9. The van der Waals surface area contributed by atoms with Gasteiger partial charge in [-0.25, -0.2) is 4.68 Å². The van der Waals surface area contributed by atoms with Gasteiger partial charge in [0, 0.05) is 30.4 Å². The van der Waals surface area contributed by atoms with Crippen LogP contribution in [-0.4, -0.2) is 39.4 Å². The van der Waals surface area contributed by atoms with Crippen LogP contribution in [0.25, 0.3) is 23.0 Å². The minimum atomic E-state index is -4.78. The molecule has 0 aliphatic rings. The van der Waals surface area contributed by atoms with E-state index in [4.69, 9.17) is 4.52 Å². The summed E-state index contributed by atoms with van der Waals surface area (Å²) in [6.07, 6.45) is -3.75. The zero-order chi connectivity index (χ0) is 25.7. The number of nitrogens with zero attached hydrogens (tertiary/aromatic N) is 5. The van der Waals surface area contributed by atoms with Crippen molar-refractivity contribution in [2.45, 2.75) is 33.2 Å². The van der Waals surface area contributed by atoms with Crippen LogP contribution in [0.3, 0.4) is 0 Å². The van der Waals surface area contributed by atoms with Gasteiger partial charge in [-0.15, -0.1) is 13.2 Å². The summed E-state index contributed by atoms with van der Waals surface area (Å²) < 4.78 is 47.6. The Kier molecular flexibility index (Phi) is 7.37. The normalized spacial score (nSPS) is 11.5. The molecule has 0 spiro atoms. The van der Waals surface area contributed by atoms with Gasteiger partial charge in [0.05, 0.1) is 6.54 Å². The van der Waals surface area contributed by atoms with Crippen LogP contribution < -0.4 is 15.2 Å². The fourth-order valence-corrected chi connectivity index (χ4v) is 3.69. The van der Waals surface area contributed by atoms with Crippen molar-refractivity contribution in [3.8, 4) is 28.7 Å². The van der Waals surface area contributed by atoms with Crippen molar-refractivity contribution in [1.29, 1.82) is 0 Å². The van der Waals surface area contributed by atoms with E-state index in [9.17, 15) is 18.0 Å². The molecule has 0 N–H and O–H groups in total. The van der Waals surface area contributed by atoms with Gasteiger partial charge >= 0.3 is 6.36 Å². The first-order valence-electron chi connectivity index (χ1n) is 11.4. The summed E-state index contributed by atoms with van der Waals surface area (Å²) in [6, 6.07) is 15.9. The molecule has 0 saturated heterocycles. The summed E-state index contributed by atoms with van der Waals surface area (Å²) in [5.74, 6) is -0.126. The third-order valence-electron chi connectivity index (χ3n) is 5.34. The second-order valence-electron chi connectivity index (χ2n) is 7.96. The van der Waals surface area contributed by atoms with Gasteiger partial charge in [-0.2, -0.15) is 10.1 Å². The molecule has 2 aromatic carbocycles. The lowest BCUT2D eigenvalue weighted by molar-refractivity contribution is -0.274. The first-order chi connectivity index (χ1) is 17.3. The summed E-state index contributed by atoms with van der Waals surface area (Å²) in [7, 11) is 0. The quantitative estimate of drug-likeness (QED) is 0.315. The van der Waals surface area contributed by atoms with Crippen LogP contribution in [-0.2, 0) is 6.54 Å². The highest BCUT2D eigenvalue weighted by Gasteiger charge is 2.31. The molecule has 0 saturated carbocycles. The van der Waals surface area contributed by atoms with E-state index >= 15 is 0 Å².